The smallest absolute Gasteiger partial charge is 0.307 e. The van der Waals surface area contributed by atoms with E-state index in [-0.39, 0.29) is 11.7 Å². The molecule has 5 heteroatoms. The summed E-state index contributed by atoms with van der Waals surface area (Å²) >= 11 is 5.83. The number of nitrogens with one attached hydrogen (secondary N) is 1. The van der Waals surface area contributed by atoms with E-state index in [1.165, 1.54) is 0 Å². The maximum atomic E-state index is 11.1. The molecule has 0 heterocycles. The number of ether oxygens (including phenoxy) is 1. The molecule has 0 fully saturated rings. The molecule has 0 aliphatic carbocycles. The molecule has 1 aromatic carbocycles. The Morgan fingerprint density at radius 1 is 1.53 bits per heavy atom. The number of phenols is 1. The molecule has 0 spiro atoms. The molecule has 0 saturated carbocycles. The molecule has 1 aromatic rings. The van der Waals surface area contributed by atoms with Gasteiger partial charge in [-0.2, -0.15) is 0 Å². The van der Waals surface area contributed by atoms with Crippen molar-refractivity contribution in [2.45, 2.75) is 13.3 Å². The highest BCUT2D eigenvalue weighted by atomic mass is 35.5. The van der Waals surface area contributed by atoms with Crippen LogP contribution in [-0.4, -0.2) is 30.8 Å². The maximum absolute atomic E-state index is 11.1. The number of phenolic OH excluding ortho intramolecular Hbond substituents is 1. The number of halogens is 1. The van der Waals surface area contributed by atoms with Gasteiger partial charge in [0.2, 0.25) is 0 Å². The molecule has 0 aliphatic heterocycles. The Kier molecular flexibility index (Phi) is 7.00. The first-order valence-electron chi connectivity index (χ1n) is 6.15. The van der Waals surface area contributed by atoms with Crippen LogP contribution in [0.3, 0.4) is 0 Å². The van der Waals surface area contributed by atoms with Gasteiger partial charge >= 0.3 is 5.97 Å². The molecule has 4 nitrogen and oxygen atoms in total. The monoisotopic (exact) mass is 283 g/mol. The van der Waals surface area contributed by atoms with Crippen LogP contribution in [0.4, 0.5) is 0 Å². The van der Waals surface area contributed by atoms with E-state index in [1.54, 1.807) is 31.2 Å². The minimum atomic E-state index is -0.202. The minimum Gasteiger partial charge on any atom is -0.507 e. The highest BCUT2D eigenvalue weighted by molar-refractivity contribution is 6.30. The van der Waals surface area contributed by atoms with Crippen LogP contribution in [0, 0.1) is 0 Å². The third-order valence-electron chi connectivity index (χ3n) is 2.36. The Morgan fingerprint density at radius 3 is 3.05 bits per heavy atom. The Balaban J connectivity index is 2.27. The Hall–Kier alpha value is -1.52. The maximum Gasteiger partial charge on any atom is 0.307 e. The number of esters is 1. The van der Waals surface area contributed by atoms with Crippen molar-refractivity contribution >= 4 is 23.6 Å². The fraction of sp³-hybridized carbons (Fsp3) is 0.357. The summed E-state index contributed by atoms with van der Waals surface area (Å²) in [5.74, 6) is -0.0151. The fourth-order valence-corrected chi connectivity index (χ4v) is 1.63. The summed E-state index contributed by atoms with van der Waals surface area (Å²) in [4.78, 5) is 11.1. The molecule has 104 valence electrons. The van der Waals surface area contributed by atoms with E-state index in [1.807, 2.05) is 6.08 Å². The molecule has 0 saturated heterocycles. The lowest BCUT2D eigenvalue weighted by atomic mass is 10.2. The van der Waals surface area contributed by atoms with Crippen molar-refractivity contribution < 1.29 is 14.6 Å². The van der Waals surface area contributed by atoms with Gasteiger partial charge in [-0.15, -0.1) is 0 Å². The van der Waals surface area contributed by atoms with Gasteiger partial charge in [0, 0.05) is 23.7 Å². The van der Waals surface area contributed by atoms with Gasteiger partial charge in [0.05, 0.1) is 13.0 Å². The predicted octanol–water partition coefficient (Wildman–Crippen LogP) is 2.60. The average molecular weight is 284 g/mol. The van der Waals surface area contributed by atoms with Crippen molar-refractivity contribution in [3.63, 3.8) is 0 Å². The Morgan fingerprint density at radius 2 is 2.32 bits per heavy atom. The van der Waals surface area contributed by atoms with Gasteiger partial charge < -0.3 is 15.2 Å². The van der Waals surface area contributed by atoms with Gasteiger partial charge in [-0.1, -0.05) is 23.8 Å². The second-order valence-electron chi connectivity index (χ2n) is 3.86. The molecule has 0 atom stereocenters. The predicted molar refractivity (Wildman–Crippen MR) is 76.3 cm³/mol. The molecule has 2 N–H and O–H groups in total. The van der Waals surface area contributed by atoms with Crippen molar-refractivity contribution in [2.75, 3.05) is 19.7 Å². The van der Waals surface area contributed by atoms with E-state index in [4.69, 9.17) is 16.3 Å². The first-order valence-corrected chi connectivity index (χ1v) is 6.52. The molecule has 19 heavy (non-hydrogen) atoms. The lowest BCUT2D eigenvalue weighted by Crippen LogP contribution is -2.19. The Labute approximate surface area is 118 Å². The van der Waals surface area contributed by atoms with E-state index >= 15 is 0 Å². The summed E-state index contributed by atoms with van der Waals surface area (Å²) in [5, 5.41) is 13.2. The summed E-state index contributed by atoms with van der Waals surface area (Å²) < 4.78 is 4.80. The largest absolute Gasteiger partial charge is 0.507 e. The summed E-state index contributed by atoms with van der Waals surface area (Å²) in [7, 11) is 0. The average Bonchev–Trinajstić information content (AvgIpc) is 2.38. The van der Waals surface area contributed by atoms with Crippen molar-refractivity contribution in [3.8, 4) is 5.75 Å². The number of rotatable bonds is 7. The molecule has 0 bridgehead atoms. The fourth-order valence-electron chi connectivity index (χ4n) is 1.45. The second-order valence-corrected chi connectivity index (χ2v) is 4.30. The summed E-state index contributed by atoms with van der Waals surface area (Å²) in [6, 6.07) is 4.87. The molecule has 0 aliphatic rings. The zero-order valence-corrected chi connectivity index (χ0v) is 11.6. The molecule has 0 aromatic heterocycles. The molecule has 0 unspecified atom stereocenters. The van der Waals surface area contributed by atoms with Crippen molar-refractivity contribution in [3.05, 3.63) is 34.9 Å². The quantitative estimate of drug-likeness (QED) is 0.596. The topological polar surface area (TPSA) is 58.6 Å². The van der Waals surface area contributed by atoms with Gasteiger partial charge in [-0.3, -0.25) is 4.79 Å². The lowest BCUT2D eigenvalue weighted by molar-refractivity contribution is -0.142. The van der Waals surface area contributed by atoms with Gasteiger partial charge in [0.25, 0.3) is 0 Å². The molecular formula is C14H18ClNO3. The minimum absolute atomic E-state index is 0.187. The summed E-state index contributed by atoms with van der Waals surface area (Å²) in [5.41, 5.74) is 0.666. The normalized spacial score (nSPS) is 10.8. The van der Waals surface area contributed by atoms with Crippen LogP contribution in [-0.2, 0) is 9.53 Å². The molecule has 1 rings (SSSR count). The SMILES string of the molecule is CCOC(=O)CCNCC=Cc1cc(Cl)ccc1O. The zero-order valence-electron chi connectivity index (χ0n) is 10.9. The van der Waals surface area contributed by atoms with Crippen molar-refractivity contribution in [2.24, 2.45) is 0 Å². The number of carbonyl (C=O) groups excluding carboxylic acids is 1. The van der Waals surface area contributed by atoms with E-state index in [0.29, 0.717) is 36.7 Å². The summed E-state index contributed by atoms with van der Waals surface area (Å²) in [6.07, 6.45) is 3.99. The van der Waals surface area contributed by atoms with Crippen molar-refractivity contribution in [1.29, 1.82) is 0 Å². The van der Waals surface area contributed by atoms with Gasteiger partial charge in [0.1, 0.15) is 5.75 Å². The summed E-state index contributed by atoms with van der Waals surface area (Å²) in [6.45, 7) is 3.36. The first kappa shape index (κ1) is 15.5. The second kappa shape index (κ2) is 8.56. The number of aromatic hydroxyl groups is 1. The van der Waals surface area contributed by atoms with E-state index in [9.17, 15) is 9.90 Å². The number of carbonyl (C=O) groups is 1. The Bertz CT molecular complexity index is 446. The number of benzene rings is 1. The van der Waals surface area contributed by atoms with Gasteiger partial charge in [0.15, 0.2) is 0 Å². The van der Waals surface area contributed by atoms with E-state index < -0.39 is 0 Å². The third kappa shape index (κ3) is 6.27. The first-order chi connectivity index (χ1) is 9.13. The van der Waals surface area contributed by atoms with Gasteiger partial charge in [-0.05, 0) is 25.1 Å². The zero-order chi connectivity index (χ0) is 14.1. The van der Waals surface area contributed by atoms with Crippen LogP contribution in [0.5, 0.6) is 5.75 Å². The van der Waals surface area contributed by atoms with Crippen LogP contribution in [0.2, 0.25) is 5.02 Å². The van der Waals surface area contributed by atoms with Crippen LogP contribution in [0.25, 0.3) is 6.08 Å². The molecule has 0 radical (unpaired) electrons. The van der Waals surface area contributed by atoms with Crippen LogP contribution >= 0.6 is 11.6 Å². The van der Waals surface area contributed by atoms with Crippen LogP contribution < -0.4 is 5.32 Å². The van der Waals surface area contributed by atoms with Crippen LogP contribution in [0.1, 0.15) is 18.9 Å². The third-order valence-corrected chi connectivity index (χ3v) is 2.60. The lowest BCUT2D eigenvalue weighted by Gasteiger charge is -2.02. The van der Waals surface area contributed by atoms with Gasteiger partial charge in [-0.25, -0.2) is 0 Å². The standard InChI is InChI=1S/C14H18ClNO3/c1-2-19-14(18)7-9-16-8-3-4-11-10-12(15)5-6-13(11)17/h3-6,10,16-17H,2,7-9H2,1H3. The van der Waals surface area contributed by atoms with Crippen molar-refractivity contribution in [1.82, 2.24) is 5.32 Å². The highest BCUT2D eigenvalue weighted by Gasteiger charge is 1.99. The van der Waals surface area contributed by atoms with E-state index in [2.05, 4.69) is 5.32 Å². The highest BCUT2D eigenvalue weighted by Crippen LogP contribution is 2.22. The number of hydrogen-bond acceptors (Lipinski definition) is 4. The van der Waals surface area contributed by atoms with E-state index in [0.717, 1.165) is 0 Å². The molecule has 0 amide bonds. The number of hydrogen-bond donors (Lipinski definition) is 2. The molecular weight excluding hydrogens is 266 g/mol. The van der Waals surface area contributed by atoms with Crippen LogP contribution in [0.15, 0.2) is 24.3 Å².